The fourth-order valence-corrected chi connectivity index (χ4v) is 2.93. The summed E-state index contributed by atoms with van der Waals surface area (Å²) in [5, 5.41) is 2.90. The van der Waals surface area contributed by atoms with E-state index in [0.717, 1.165) is 32.1 Å². The number of hydrogen-bond acceptors (Lipinski definition) is 2. The van der Waals surface area contributed by atoms with Crippen LogP contribution in [-0.4, -0.2) is 34.8 Å². The molecular formula is C14H24N2O2. The highest BCUT2D eigenvalue weighted by atomic mass is 16.2. The molecule has 1 heterocycles. The van der Waals surface area contributed by atoms with Crippen LogP contribution in [0.4, 0.5) is 0 Å². The first kappa shape index (κ1) is 13.4. The maximum atomic E-state index is 12.5. The Labute approximate surface area is 109 Å². The van der Waals surface area contributed by atoms with E-state index in [1.807, 2.05) is 11.8 Å². The molecule has 0 radical (unpaired) electrons. The summed E-state index contributed by atoms with van der Waals surface area (Å²) in [5.74, 6) is 0.543. The van der Waals surface area contributed by atoms with Crippen molar-refractivity contribution >= 4 is 11.8 Å². The molecule has 4 nitrogen and oxygen atoms in total. The van der Waals surface area contributed by atoms with Crippen LogP contribution >= 0.6 is 0 Å². The van der Waals surface area contributed by atoms with Crippen molar-refractivity contribution in [3.63, 3.8) is 0 Å². The van der Waals surface area contributed by atoms with Gasteiger partial charge in [0, 0.05) is 6.04 Å². The van der Waals surface area contributed by atoms with Crippen LogP contribution in [-0.2, 0) is 9.59 Å². The van der Waals surface area contributed by atoms with Gasteiger partial charge in [0.15, 0.2) is 0 Å². The van der Waals surface area contributed by atoms with Gasteiger partial charge in [0.25, 0.3) is 0 Å². The van der Waals surface area contributed by atoms with Gasteiger partial charge in [0.05, 0.1) is 0 Å². The molecule has 0 aromatic heterocycles. The molecule has 0 aromatic rings. The fraction of sp³-hybridized carbons (Fsp3) is 0.857. The van der Waals surface area contributed by atoms with E-state index in [1.165, 1.54) is 0 Å². The molecule has 2 fully saturated rings. The van der Waals surface area contributed by atoms with E-state index in [4.69, 9.17) is 0 Å². The summed E-state index contributed by atoms with van der Waals surface area (Å²) in [7, 11) is 0. The minimum atomic E-state index is -0.316. The Bertz CT molecular complexity index is 339. The van der Waals surface area contributed by atoms with Gasteiger partial charge in [0.1, 0.15) is 12.1 Å². The zero-order valence-electron chi connectivity index (χ0n) is 11.6. The molecule has 0 aromatic carbocycles. The average Bonchev–Trinajstić information content (AvgIpc) is 3.17. The second kappa shape index (κ2) is 5.29. The Morgan fingerprint density at radius 2 is 2.00 bits per heavy atom. The van der Waals surface area contributed by atoms with Crippen LogP contribution in [0.2, 0.25) is 0 Å². The van der Waals surface area contributed by atoms with E-state index in [2.05, 4.69) is 19.2 Å². The van der Waals surface area contributed by atoms with Crippen LogP contribution in [0.5, 0.6) is 0 Å². The average molecular weight is 252 g/mol. The highest BCUT2D eigenvalue weighted by molar-refractivity contribution is 5.97. The summed E-state index contributed by atoms with van der Waals surface area (Å²) in [6.07, 6.45) is 5.10. The fourth-order valence-electron chi connectivity index (χ4n) is 2.93. The summed E-state index contributed by atoms with van der Waals surface area (Å²) in [6, 6.07) is -0.353. The molecule has 2 amide bonds. The van der Waals surface area contributed by atoms with E-state index in [0.29, 0.717) is 5.92 Å². The van der Waals surface area contributed by atoms with Crippen molar-refractivity contribution in [3.05, 3.63) is 0 Å². The van der Waals surface area contributed by atoms with E-state index >= 15 is 0 Å². The molecule has 2 aliphatic rings. The molecule has 2 rings (SSSR count). The summed E-state index contributed by atoms with van der Waals surface area (Å²) >= 11 is 0. The summed E-state index contributed by atoms with van der Waals surface area (Å²) in [6.45, 7) is 6.06. The van der Waals surface area contributed by atoms with E-state index in [-0.39, 0.29) is 29.9 Å². The number of carbonyl (C=O) groups is 2. The largest absolute Gasteiger partial charge is 0.342 e. The predicted octanol–water partition coefficient (Wildman–Crippen LogP) is 1.69. The molecule has 102 valence electrons. The van der Waals surface area contributed by atoms with Crippen LogP contribution in [0.3, 0.4) is 0 Å². The standard InChI is InChI=1S/C14H24N2O2/c1-4-6-11(5-2)16-9(3)13(17)15-12(14(16)18)10-7-8-10/h9-12H,4-8H2,1-3H3,(H,15,17). The van der Waals surface area contributed by atoms with Gasteiger partial charge in [-0.3, -0.25) is 9.59 Å². The zero-order valence-corrected chi connectivity index (χ0v) is 11.6. The lowest BCUT2D eigenvalue weighted by Gasteiger charge is -2.42. The third-order valence-corrected chi connectivity index (χ3v) is 4.19. The van der Waals surface area contributed by atoms with Gasteiger partial charge in [0.2, 0.25) is 11.8 Å². The van der Waals surface area contributed by atoms with Gasteiger partial charge in [-0.25, -0.2) is 0 Å². The molecule has 1 aliphatic heterocycles. The number of hydrogen-bond donors (Lipinski definition) is 1. The first-order valence-corrected chi connectivity index (χ1v) is 7.22. The van der Waals surface area contributed by atoms with Crippen molar-refractivity contribution < 1.29 is 9.59 Å². The minimum Gasteiger partial charge on any atom is -0.342 e. The van der Waals surface area contributed by atoms with E-state index in [9.17, 15) is 9.59 Å². The SMILES string of the molecule is CCCC(CC)N1C(=O)C(C2CC2)NC(=O)C1C. The van der Waals surface area contributed by atoms with Crippen molar-refractivity contribution in [1.29, 1.82) is 0 Å². The second-order valence-corrected chi connectivity index (χ2v) is 5.60. The Kier molecular flexibility index (Phi) is 3.93. The Balaban J connectivity index is 2.17. The molecule has 1 saturated carbocycles. The third kappa shape index (κ3) is 2.38. The molecule has 0 spiro atoms. The monoisotopic (exact) mass is 252 g/mol. The van der Waals surface area contributed by atoms with Gasteiger partial charge in [-0.15, -0.1) is 0 Å². The highest BCUT2D eigenvalue weighted by Crippen LogP contribution is 2.35. The molecule has 18 heavy (non-hydrogen) atoms. The van der Waals surface area contributed by atoms with Crippen molar-refractivity contribution in [2.45, 2.75) is 71.0 Å². The highest BCUT2D eigenvalue weighted by Gasteiger charge is 2.46. The summed E-state index contributed by atoms with van der Waals surface area (Å²) in [4.78, 5) is 26.4. The molecule has 1 N–H and O–H groups in total. The lowest BCUT2D eigenvalue weighted by atomic mass is 9.98. The van der Waals surface area contributed by atoms with E-state index in [1.54, 1.807) is 0 Å². The van der Waals surface area contributed by atoms with Crippen molar-refractivity contribution in [3.8, 4) is 0 Å². The zero-order chi connectivity index (χ0) is 13.3. The second-order valence-electron chi connectivity index (χ2n) is 5.60. The van der Waals surface area contributed by atoms with Crippen molar-refractivity contribution in [2.24, 2.45) is 5.92 Å². The quantitative estimate of drug-likeness (QED) is 0.809. The maximum absolute atomic E-state index is 12.5. The van der Waals surface area contributed by atoms with Crippen molar-refractivity contribution in [1.82, 2.24) is 10.2 Å². The molecule has 1 saturated heterocycles. The first-order valence-electron chi connectivity index (χ1n) is 7.22. The molecule has 1 aliphatic carbocycles. The Morgan fingerprint density at radius 1 is 1.33 bits per heavy atom. The van der Waals surface area contributed by atoms with Gasteiger partial charge >= 0.3 is 0 Å². The number of nitrogens with zero attached hydrogens (tertiary/aromatic N) is 1. The summed E-state index contributed by atoms with van der Waals surface area (Å²) < 4.78 is 0. The lowest BCUT2D eigenvalue weighted by Crippen LogP contribution is -2.65. The minimum absolute atomic E-state index is 0.0149. The van der Waals surface area contributed by atoms with Crippen LogP contribution in [0, 0.1) is 5.92 Å². The number of amides is 2. The number of piperazine rings is 1. The predicted molar refractivity (Wildman–Crippen MR) is 69.9 cm³/mol. The van der Waals surface area contributed by atoms with E-state index < -0.39 is 0 Å². The van der Waals surface area contributed by atoms with Crippen LogP contribution in [0.15, 0.2) is 0 Å². The normalized spacial score (nSPS) is 30.3. The van der Waals surface area contributed by atoms with Gasteiger partial charge in [-0.2, -0.15) is 0 Å². The Hall–Kier alpha value is -1.06. The molecule has 0 bridgehead atoms. The molecule has 4 heteroatoms. The number of carbonyl (C=O) groups excluding carboxylic acids is 2. The smallest absolute Gasteiger partial charge is 0.246 e. The van der Waals surface area contributed by atoms with Crippen LogP contribution < -0.4 is 5.32 Å². The lowest BCUT2D eigenvalue weighted by molar-refractivity contribution is -0.152. The molecule has 3 atom stereocenters. The van der Waals surface area contributed by atoms with Gasteiger partial charge in [-0.05, 0) is 38.5 Å². The number of nitrogens with one attached hydrogen (secondary N) is 1. The maximum Gasteiger partial charge on any atom is 0.246 e. The van der Waals surface area contributed by atoms with Crippen LogP contribution in [0.25, 0.3) is 0 Å². The molecule has 3 unspecified atom stereocenters. The molecular weight excluding hydrogens is 228 g/mol. The number of rotatable bonds is 5. The third-order valence-electron chi connectivity index (χ3n) is 4.19. The van der Waals surface area contributed by atoms with Gasteiger partial charge < -0.3 is 10.2 Å². The summed E-state index contributed by atoms with van der Waals surface area (Å²) in [5.41, 5.74) is 0. The van der Waals surface area contributed by atoms with Crippen molar-refractivity contribution in [2.75, 3.05) is 0 Å². The van der Waals surface area contributed by atoms with Crippen LogP contribution in [0.1, 0.15) is 52.9 Å². The topological polar surface area (TPSA) is 49.4 Å². The Morgan fingerprint density at radius 3 is 2.50 bits per heavy atom. The first-order chi connectivity index (χ1) is 8.60. The van der Waals surface area contributed by atoms with Gasteiger partial charge in [-0.1, -0.05) is 20.3 Å².